The third-order valence-electron chi connectivity index (χ3n) is 5.40. The summed E-state index contributed by atoms with van der Waals surface area (Å²) in [4.78, 5) is 25.6. The molecule has 0 aromatic carbocycles. The van der Waals surface area contributed by atoms with Crippen LogP contribution in [0.1, 0.15) is 46.5 Å². The van der Waals surface area contributed by atoms with Crippen LogP contribution >= 0.6 is 0 Å². The van der Waals surface area contributed by atoms with Crippen LogP contribution in [-0.4, -0.2) is 50.9 Å². The zero-order valence-corrected chi connectivity index (χ0v) is 16.2. The Kier molecular flexibility index (Phi) is 5.56. The highest BCUT2D eigenvalue weighted by atomic mass is 28.4. The molecule has 0 aliphatic carbocycles. The van der Waals surface area contributed by atoms with Gasteiger partial charge in [-0.05, 0) is 31.0 Å². The third-order valence-corrected chi connectivity index (χ3v) is 9.93. The van der Waals surface area contributed by atoms with Crippen molar-refractivity contribution in [2.75, 3.05) is 19.7 Å². The van der Waals surface area contributed by atoms with Gasteiger partial charge in [0, 0.05) is 25.4 Å². The average Bonchev–Trinajstić information content (AvgIpc) is 2.82. The second kappa shape index (κ2) is 6.93. The van der Waals surface area contributed by atoms with Gasteiger partial charge in [0.05, 0.1) is 19.1 Å². The number of ether oxygens (including phenoxy) is 1. The van der Waals surface area contributed by atoms with E-state index < -0.39 is 8.32 Å². The van der Waals surface area contributed by atoms with E-state index in [1.54, 1.807) is 0 Å². The van der Waals surface area contributed by atoms with Gasteiger partial charge in [0.2, 0.25) is 5.91 Å². The molecule has 2 saturated heterocycles. The number of hydrogen-bond acceptors (Lipinski definition) is 4. The lowest BCUT2D eigenvalue weighted by molar-refractivity contribution is -0.138. The zero-order chi connectivity index (χ0) is 17.3. The molecule has 0 radical (unpaired) electrons. The van der Waals surface area contributed by atoms with Crippen LogP contribution in [0.25, 0.3) is 0 Å². The highest BCUT2D eigenvalue weighted by Crippen LogP contribution is 2.38. The second-order valence-electron chi connectivity index (χ2n) is 8.44. The number of esters is 1. The molecule has 0 unspecified atom stereocenters. The summed E-state index contributed by atoms with van der Waals surface area (Å²) in [6, 6.07) is 0. The minimum absolute atomic E-state index is 0.0525. The van der Waals surface area contributed by atoms with E-state index in [2.05, 4.69) is 33.9 Å². The smallest absolute Gasteiger partial charge is 0.306 e. The number of carbonyl (C=O) groups is 2. The summed E-state index contributed by atoms with van der Waals surface area (Å²) in [5.74, 6) is 0.00842. The van der Waals surface area contributed by atoms with Crippen LogP contribution in [-0.2, 0) is 18.8 Å². The van der Waals surface area contributed by atoms with Crippen LogP contribution in [0.2, 0.25) is 18.1 Å². The summed E-state index contributed by atoms with van der Waals surface area (Å²) in [6.45, 7) is 13.1. The fourth-order valence-corrected chi connectivity index (χ4v) is 4.31. The van der Waals surface area contributed by atoms with Gasteiger partial charge in [0.25, 0.3) is 0 Å². The van der Waals surface area contributed by atoms with Crippen LogP contribution < -0.4 is 0 Å². The van der Waals surface area contributed by atoms with Gasteiger partial charge < -0.3 is 14.1 Å². The van der Waals surface area contributed by atoms with Crippen LogP contribution in [0.3, 0.4) is 0 Å². The summed E-state index contributed by atoms with van der Waals surface area (Å²) in [5, 5.41) is 0.181. The van der Waals surface area contributed by atoms with Crippen molar-refractivity contribution >= 4 is 20.2 Å². The standard InChI is InChI=1S/C17H31NO4Si/c1-17(2,3)23(4,5)22-14-7-6-8-18(11-14)15(19)9-13-10-16(20)21-12-13/h13-14H,6-12H2,1-5H3/t13-,14+/m0/s1. The number of carbonyl (C=O) groups excluding carboxylic acids is 2. The molecule has 23 heavy (non-hydrogen) atoms. The van der Waals surface area contributed by atoms with E-state index >= 15 is 0 Å². The van der Waals surface area contributed by atoms with E-state index in [4.69, 9.17) is 9.16 Å². The Bertz CT molecular complexity index is 458. The molecule has 2 rings (SSSR count). The summed E-state index contributed by atoms with van der Waals surface area (Å²) < 4.78 is 11.4. The number of nitrogens with zero attached hydrogens (tertiary/aromatic N) is 1. The van der Waals surface area contributed by atoms with Crippen LogP contribution in [0, 0.1) is 5.92 Å². The normalized spacial score (nSPS) is 26.3. The first-order valence-corrected chi connectivity index (χ1v) is 11.6. The van der Waals surface area contributed by atoms with Crippen LogP contribution in [0.15, 0.2) is 0 Å². The minimum atomic E-state index is -1.80. The van der Waals surface area contributed by atoms with Crippen molar-refractivity contribution in [3.05, 3.63) is 0 Å². The van der Waals surface area contributed by atoms with Gasteiger partial charge in [0.1, 0.15) is 0 Å². The first kappa shape index (κ1) is 18.5. The van der Waals surface area contributed by atoms with Crippen molar-refractivity contribution in [3.63, 3.8) is 0 Å². The molecular weight excluding hydrogens is 310 g/mol. The molecule has 0 N–H and O–H groups in total. The van der Waals surface area contributed by atoms with E-state index in [0.29, 0.717) is 26.0 Å². The molecular formula is C17H31NO4Si. The number of cyclic esters (lactones) is 1. The highest BCUT2D eigenvalue weighted by Gasteiger charge is 2.40. The van der Waals surface area contributed by atoms with Crippen molar-refractivity contribution in [3.8, 4) is 0 Å². The van der Waals surface area contributed by atoms with E-state index in [1.165, 1.54) is 0 Å². The van der Waals surface area contributed by atoms with E-state index in [1.807, 2.05) is 4.90 Å². The number of piperidine rings is 1. The van der Waals surface area contributed by atoms with Crippen molar-refractivity contribution < 1.29 is 18.8 Å². The molecule has 0 aromatic heterocycles. The molecule has 6 heteroatoms. The van der Waals surface area contributed by atoms with Gasteiger partial charge in [-0.3, -0.25) is 9.59 Å². The van der Waals surface area contributed by atoms with Crippen LogP contribution in [0.4, 0.5) is 0 Å². The molecule has 2 aliphatic heterocycles. The highest BCUT2D eigenvalue weighted by molar-refractivity contribution is 6.74. The largest absolute Gasteiger partial charge is 0.465 e. The summed E-state index contributed by atoms with van der Waals surface area (Å²) in [7, 11) is -1.80. The van der Waals surface area contributed by atoms with E-state index in [-0.39, 0.29) is 28.9 Å². The average molecular weight is 342 g/mol. The Hall–Kier alpha value is -0.883. The van der Waals surface area contributed by atoms with Crippen LogP contribution in [0.5, 0.6) is 0 Å². The monoisotopic (exact) mass is 341 g/mol. The number of hydrogen-bond donors (Lipinski definition) is 0. The Morgan fingerprint density at radius 2 is 2.09 bits per heavy atom. The molecule has 2 heterocycles. The SMILES string of the molecule is CC(C)(C)[Si](C)(C)O[C@@H]1CCCN(C(=O)C[C@@H]2COC(=O)C2)C1. The maximum absolute atomic E-state index is 12.5. The Labute approximate surface area is 140 Å². The van der Waals surface area contributed by atoms with E-state index in [9.17, 15) is 9.59 Å². The fourth-order valence-electron chi connectivity index (χ4n) is 2.93. The molecule has 132 valence electrons. The molecule has 2 aliphatic rings. The lowest BCUT2D eigenvalue weighted by Crippen LogP contribution is -2.50. The zero-order valence-electron chi connectivity index (χ0n) is 15.2. The maximum Gasteiger partial charge on any atom is 0.306 e. The lowest BCUT2D eigenvalue weighted by Gasteiger charge is -2.42. The number of likely N-dealkylation sites (tertiary alicyclic amines) is 1. The predicted molar refractivity (Wildman–Crippen MR) is 91.6 cm³/mol. The molecule has 0 saturated carbocycles. The summed E-state index contributed by atoms with van der Waals surface area (Å²) >= 11 is 0. The molecule has 2 atom stereocenters. The molecule has 0 bridgehead atoms. The van der Waals surface area contributed by atoms with Gasteiger partial charge in [-0.25, -0.2) is 0 Å². The Morgan fingerprint density at radius 1 is 1.39 bits per heavy atom. The van der Waals surface area contributed by atoms with Crippen molar-refractivity contribution in [1.82, 2.24) is 4.90 Å². The van der Waals surface area contributed by atoms with Crippen molar-refractivity contribution in [2.45, 2.75) is 70.7 Å². The Balaban J connectivity index is 1.87. The van der Waals surface area contributed by atoms with Gasteiger partial charge in [-0.2, -0.15) is 0 Å². The molecule has 0 aromatic rings. The van der Waals surface area contributed by atoms with E-state index in [0.717, 1.165) is 19.4 Å². The minimum Gasteiger partial charge on any atom is -0.465 e. The van der Waals surface area contributed by atoms with Crippen molar-refractivity contribution in [1.29, 1.82) is 0 Å². The summed E-state index contributed by atoms with van der Waals surface area (Å²) in [5.41, 5.74) is 0. The number of amides is 1. The molecule has 5 nitrogen and oxygen atoms in total. The topological polar surface area (TPSA) is 55.8 Å². The molecule has 1 amide bonds. The second-order valence-corrected chi connectivity index (χ2v) is 13.2. The van der Waals surface area contributed by atoms with Crippen molar-refractivity contribution in [2.24, 2.45) is 5.92 Å². The number of rotatable bonds is 4. The fraction of sp³-hybridized carbons (Fsp3) is 0.882. The van der Waals surface area contributed by atoms with Gasteiger partial charge >= 0.3 is 5.97 Å². The Morgan fingerprint density at radius 3 is 2.65 bits per heavy atom. The quantitative estimate of drug-likeness (QED) is 0.583. The first-order valence-electron chi connectivity index (χ1n) is 8.70. The first-order chi connectivity index (χ1) is 10.6. The van der Waals surface area contributed by atoms with Gasteiger partial charge in [-0.15, -0.1) is 0 Å². The molecule has 2 fully saturated rings. The molecule has 0 spiro atoms. The lowest BCUT2D eigenvalue weighted by atomic mass is 10.0. The van der Waals surface area contributed by atoms with Gasteiger partial charge in [0.15, 0.2) is 8.32 Å². The van der Waals surface area contributed by atoms with Gasteiger partial charge in [-0.1, -0.05) is 20.8 Å². The third kappa shape index (κ3) is 4.80. The predicted octanol–water partition coefficient (Wildman–Crippen LogP) is 2.95. The summed E-state index contributed by atoms with van der Waals surface area (Å²) in [6.07, 6.45) is 2.96. The maximum atomic E-state index is 12.5.